The third-order valence-electron chi connectivity index (χ3n) is 1.43. The van der Waals surface area contributed by atoms with E-state index in [9.17, 15) is 0 Å². The molecule has 0 amide bonds. The molecule has 4 heteroatoms. The van der Waals surface area contributed by atoms with Gasteiger partial charge in [0.15, 0.2) is 0 Å². The van der Waals surface area contributed by atoms with Gasteiger partial charge in [-0.05, 0) is 44.0 Å². The molecule has 2 nitrogen and oxygen atoms in total. The van der Waals surface area contributed by atoms with Crippen LogP contribution in [0.4, 0.5) is 0 Å². The van der Waals surface area contributed by atoms with Crippen LogP contribution in [0.3, 0.4) is 0 Å². The molecule has 0 fully saturated rings. The van der Waals surface area contributed by atoms with Gasteiger partial charge in [0, 0.05) is 15.1 Å². The van der Waals surface area contributed by atoms with Crippen LogP contribution in [0.5, 0.6) is 0 Å². The van der Waals surface area contributed by atoms with Crippen molar-refractivity contribution in [1.82, 2.24) is 9.61 Å². The highest BCUT2D eigenvalue weighted by Crippen LogP contribution is 2.21. The summed E-state index contributed by atoms with van der Waals surface area (Å²) < 4.78 is 3.87. The van der Waals surface area contributed by atoms with E-state index in [0.717, 1.165) is 14.5 Å². The summed E-state index contributed by atoms with van der Waals surface area (Å²) in [6.07, 6.45) is 3.69. The van der Waals surface area contributed by atoms with Crippen molar-refractivity contribution in [2.24, 2.45) is 0 Å². The molecule has 0 atom stereocenters. The third kappa shape index (κ3) is 1.20. The minimum atomic E-state index is 1.01. The van der Waals surface area contributed by atoms with Gasteiger partial charge in [-0.15, -0.1) is 0 Å². The van der Waals surface area contributed by atoms with Crippen LogP contribution in [-0.2, 0) is 0 Å². The van der Waals surface area contributed by atoms with Gasteiger partial charge in [-0.1, -0.05) is 0 Å². The lowest BCUT2D eigenvalue weighted by Gasteiger charge is -1.96. The minimum Gasteiger partial charge on any atom is -0.239 e. The summed E-state index contributed by atoms with van der Waals surface area (Å²) in [6.45, 7) is 0. The Labute approximate surface area is 80.5 Å². The summed E-state index contributed by atoms with van der Waals surface area (Å²) in [5.74, 6) is 0. The van der Waals surface area contributed by atoms with E-state index in [1.807, 2.05) is 22.8 Å². The van der Waals surface area contributed by atoms with Gasteiger partial charge in [0.2, 0.25) is 0 Å². The molecule has 0 bridgehead atoms. The lowest BCUT2D eigenvalue weighted by Crippen LogP contribution is -1.85. The fraction of sp³-hybridized carbons (Fsp3) is 0. The Bertz CT molecular complexity index is 394. The number of rotatable bonds is 0. The molecule has 0 spiro atoms. The highest BCUT2D eigenvalue weighted by Gasteiger charge is 1.99. The monoisotopic (exact) mass is 274 g/mol. The number of hydrogen-bond donors (Lipinski definition) is 0. The molecule has 0 aliphatic heterocycles. The van der Waals surface area contributed by atoms with E-state index in [4.69, 9.17) is 0 Å². The largest absolute Gasteiger partial charge is 0.239 e. The maximum Gasteiger partial charge on any atom is 0.0804 e. The summed E-state index contributed by atoms with van der Waals surface area (Å²) in [4.78, 5) is 0. The Morgan fingerprint density at radius 3 is 3.00 bits per heavy atom. The van der Waals surface area contributed by atoms with Crippen molar-refractivity contribution in [3.8, 4) is 0 Å². The fourth-order valence-electron chi connectivity index (χ4n) is 0.955. The van der Waals surface area contributed by atoms with Gasteiger partial charge in [-0.2, -0.15) is 5.10 Å². The number of fused-ring (bicyclic) bond motifs is 1. The quantitative estimate of drug-likeness (QED) is 0.723. The van der Waals surface area contributed by atoms with E-state index >= 15 is 0 Å². The van der Waals surface area contributed by atoms with Crippen LogP contribution in [0.15, 0.2) is 33.5 Å². The standard InChI is InChI=1S/C7H4Br2N2/c8-5-3-6(9)7-1-2-10-11(7)4-5/h1-4H. The smallest absolute Gasteiger partial charge is 0.0804 e. The molecule has 0 aliphatic rings. The highest BCUT2D eigenvalue weighted by molar-refractivity contribution is 9.11. The van der Waals surface area contributed by atoms with E-state index in [2.05, 4.69) is 37.0 Å². The molecular weight excluding hydrogens is 272 g/mol. The molecule has 2 rings (SSSR count). The van der Waals surface area contributed by atoms with Crippen molar-refractivity contribution in [2.75, 3.05) is 0 Å². The van der Waals surface area contributed by atoms with Crippen LogP contribution >= 0.6 is 31.9 Å². The van der Waals surface area contributed by atoms with Gasteiger partial charge < -0.3 is 0 Å². The second-order valence-corrected chi connectivity index (χ2v) is 3.94. The molecule has 0 unspecified atom stereocenters. The second kappa shape index (κ2) is 2.60. The molecule has 2 aromatic heterocycles. The Morgan fingerprint density at radius 1 is 1.36 bits per heavy atom. The van der Waals surface area contributed by atoms with Gasteiger partial charge >= 0.3 is 0 Å². The molecule has 0 aromatic carbocycles. The summed E-state index contributed by atoms with van der Waals surface area (Å²) in [5.41, 5.74) is 1.08. The topological polar surface area (TPSA) is 17.3 Å². The molecule has 56 valence electrons. The number of aromatic nitrogens is 2. The van der Waals surface area contributed by atoms with Crippen LogP contribution in [0.2, 0.25) is 0 Å². The van der Waals surface area contributed by atoms with Crippen LogP contribution in [0.25, 0.3) is 5.52 Å². The zero-order chi connectivity index (χ0) is 7.84. The summed E-state index contributed by atoms with van der Waals surface area (Å²) >= 11 is 6.81. The van der Waals surface area contributed by atoms with E-state index in [-0.39, 0.29) is 0 Å². The normalized spacial score (nSPS) is 10.7. The first-order chi connectivity index (χ1) is 5.27. The zero-order valence-electron chi connectivity index (χ0n) is 5.46. The zero-order valence-corrected chi connectivity index (χ0v) is 8.63. The van der Waals surface area contributed by atoms with Crippen molar-refractivity contribution < 1.29 is 0 Å². The molecule has 0 N–H and O–H groups in total. The molecule has 0 saturated heterocycles. The van der Waals surface area contributed by atoms with Gasteiger partial charge in [0.1, 0.15) is 0 Å². The second-order valence-electron chi connectivity index (χ2n) is 2.17. The van der Waals surface area contributed by atoms with Crippen LogP contribution in [0, 0.1) is 0 Å². The van der Waals surface area contributed by atoms with E-state index in [1.54, 1.807) is 6.20 Å². The first-order valence-corrected chi connectivity index (χ1v) is 4.64. The summed E-state index contributed by atoms with van der Waals surface area (Å²) in [5, 5.41) is 4.10. The maximum absolute atomic E-state index is 4.10. The molecule has 0 saturated carbocycles. The number of pyridine rings is 1. The van der Waals surface area contributed by atoms with E-state index < -0.39 is 0 Å². The predicted molar refractivity (Wildman–Crippen MR) is 50.6 cm³/mol. The van der Waals surface area contributed by atoms with Crippen LogP contribution < -0.4 is 0 Å². The molecule has 11 heavy (non-hydrogen) atoms. The van der Waals surface area contributed by atoms with Crippen molar-refractivity contribution in [3.05, 3.63) is 33.5 Å². The average molecular weight is 276 g/mol. The lowest BCUT2D eigenvalue weighted by molar-refractivity contribution is 0.953. The van der Waals surface area contributed by atoms with E-state index in [0.29, 0.717) is 0 Å². The van der Waals surface area contributed by atoms with Gasteiger partial charge in [-0.25, -0.2) is 4.52 Å². The Morgan fingerprint density at radius 2 is 2.18 bits per heavy atom. The summed E-state index contributed by atoms with van der Waals surface area (Å²) in [6, 6.07) is 3.95. The Kier molecular flexibility index (Phi) is 1.73. The van der Waals surface area contributed by atoms with Gasteiger partial charge in [0.25, 0.3) is 0 Å². The van der Waals surface area contributed by atoms with Crippen molar-refractivity contribution >= 4 is 37.4 Å². The van der Waals surface area contributed by atoms with Crippen LogP contribution in [0.1, 0.15) is 0 Å². The highest BCUT2D eigenvalue weighted by atomic mass is 79.9. The maximum atomic E-state index is 4.10. The first kappa shape index (κ1) is 7.31. The number of nitrogens with zero attached hydrogens (tertiary/aromatic N) is 2. The Balaban J connectivity index is 2.91. The summed E-state index contributed by atoms with van der Waals surface area (Å²) in [7, 11) is 0. The molecule has 2 aromatic rings. The first-order valence-electron chi connectivity index (χ1n) is 3.06. The molecule has 2 heterocycles. The third-order valence-corrected chi connectivity index (χ3v) is 2.49. The van der Waals surface area contributed by atoms with E-state index in [1.165, 1.54) is 0 Å². The van der Waals surface area contributed by atoms with Crippen molar-refractivity contribution in [3.63, 3.8) is 0 Å². The fourth-order valence-corrected chi connectivity index (χ4v) is 2.25. The predicted octanol–water partition coefficient (Wildman–Crippen LogP) is 2.86. The lowest BCUT2D eigenvalue weighted by atomic mass is 10.4. The molecule has 0 radical (unpaired) electrons. The van der Waals surface area contributed by atoms with Gasteiger partial charge in [-0.3, -0.25) is 0 Å². The Hall–Kier alpha value is -0.350. The molecular formula is C7H4Br2N2. The van der Waals surface area contributed by atoms with Crippen molar-refractivity contribution in [2.45, 2.75) is 0 Å². The van der Waals surface area contributed by atoms with Crippen molar-refractivity contribution in [1.29, 1.82) is 0 Å². The van der Waals surface area contributed by atoms with Gasteiger partial charge in [0.05, 0.1) is 11.7 Å². The number of halogens is 2. The molecule has 0 aliphatic carbocycles. The van der Waals surface area contributed by atoms with Crippen LogP contribution in [-0.4, -0.2) is 9.61 Å². The SMILES string of the molecule is Brc1cc(Br)c2ccnn2c1. The minimum absolute atomic E-state index is 1.01. The average Bonchev–Trinajstić information content (AvgIpc) is 2.34. The number of hydrogen-bond acceptors (Lipinski definition) is 1.